The summed E-state index contributed by atoms with van der Waals surface area (Å²) in [6.07, 6.45) is 0.577. The molecule has 0 saturated heterocycles. The van der Waals surface area contributed by atoms with Crippen molar-refractivity contribution in [2.24, 2.45) is 11.8 Å². The second-order valence-electron chi connectivity index (χ2n) is 6.08. The SMILES string of the molecule is CC(C)C(C)C(=O)CC(c1ccccc1)c1ccccc1. The van der Waals surface area contributed by atoms with Crippen LogP contribution in [0.1, 0.15) is 44.2 Å². The summed E-state index contributed by atoms with van der Waals surface area (Å²) in [6.45, 7) is 6.27. The first kappa shape index (κ1) is 15.5. The van der Waals surface area contributed by atoms with Crippen LogP contribution in [0.4, 0.5) is 0 Å². The summed E-state index contributed by atoms with van der Waals surface area (Å²) >= 11 is 0. The van der Waals surface area contributed by atoms with Gasteiger partial charge in [0.1, 0.15) is 5.78 Å². The largest absolute Gasteiger partial charge is 0.299 e. The van der Waals surface area contributed by atoms with E-state index in [0.29, 0.717) is 18.1 Å². The first-order valence-electron chi connectivity index (χ1n) is 7.72. The van der Waals surface area contributed by atoms with E-state index in [1.807, 2.05) is 43.3 Å². The summed E-state index contributed by atoms with van der Waals surface area (Å²) in [5.41, 5.74) is 2.43. The fraction of sp³-hybridized carbons (Fsp3) is 0.350. The van der Waals surface area contributed by atoms with E-state index in [0.717, 1.165) is 0 Å². The van der Waals surface area contributed by atoms with Gasteiger partial charge in [-0.1, -0.05) is 81.4 Å². The molecule has 0 bridgehead atoms. The monoisotopic (exact) mass is 280 g/mol. The van der Waals surface area contributed by atoms with Crippen molar-refractivity contribution < 1.29 is 4.79 Å². The number of hydrogen-bond acceptors (Lipinski definition) is 1. The Morgan fingerprint density at radius 3 is 1.62 bits per heavy atom. The molecule has 0 N–H and O–H groups in total. The molecule has 110 valence electrons. The van der Waals surface area contributed by atoms with Crippen LogP contribution in [-0.4, -0.2) is 5.78 Å². The van der Waals surface area contributed by atoms with Crippen LogP contribution >= 0.6 is 0 Å². The third-order valence-electron chi connectivity index (χ3n) is 4.32. The molecule has 2 aromatic carbocycles. The molecule has 1 atom stereocenters. The standard InChI is InChI=1S/C20H24O/c1-15(2)16(3)20(21)14-19(17-10-6-4-7-11-17)18-12-8-5-9-13-18/h4-13,15-16,19H,14H2,1-3H3. The highest BCUT2D eigenvalue weighted by atomic mass is 16.1. The maximum Gasteiger partial charge on any atom is 0.136 e. The third kappa shape index (κ3) is 4.04. The van der Waals surface area contributed by atoms with Gasteiger partial charge in [-0.05, 0) is 17.0 Å². The second-order valence-corrected chi connectivity index (χ2v) is 6.08. The molecular formula is C20H24O. The number of hydrogen-bond donors (Lipinski definition) is 0. The minimum Gasteiger partial charge on any atom is -0.299 e. The van der Waals surface area contributed by atoms with Crippen LogP contribution in [0.3, 0.4) is 0 Å². The Morgan fingerprint density at radius 2 is 1.24 bits per heavy atom. The minimum atomic E-state index is 0.111. The quantitative estimate of drug-likeness (QED) is 0.722. The molecule has 2 aromatic rings. The van der Waals surface area contributed by atoms with E-state index in [1.54, 1.807) is 0 Å². The molecule has 1 nitrogen and oxygen atoms in total. The van der Waals surface area contributed by atoms with Gasteiger partial charge in [-0.15, -0.1) is 0 Å². The van der Waals surface area contributed by atoms with Crippen molar-refractivity contribution in [1.29, 1.82) is 0 Å². The molecule has 0 aromatic heterocycles. The average molecular weight is 280 g/mol. The lowest BCUT2D eigenvalue weighted by Crippen LogP contribution is -2.19. The number of carbonyl (C=O) groups is 1. The van der Waals surface area contributed by atoms with Crippen molar-refractivity contribution in [3.05, 3.63) is 71.8 Å². The summed E-state index contributed by atoms with van der Waals surface area (Å²) in [5.74, 6) is 1.01. The van der Waals surface area contributed by atoms with Gasteiger partial charge < -0.3 is 0 Å². The summed E-state index contributed by atoms with van der Waals surface area (Å²) in [4.78, 5) is 12.5. The normalized spacial score (nSPS) is 12.6. The van der Waals surface area contributed by atoms with Gasteiger partial charge in [0.2, 0.25) is 0 Å². The lowest BCUT2D eigenvalue weighted by molar-refractivity contribution is -0.123. The lowest BCUT2D eigenvalue weighted by atomic mass is 9.82. The Morgan fingerprint density at radius 1 is 0.810 bits per heavy atom. The zero-order valence-corrected chi connectivity index (χ0v) is 13.1. The van der Waals surface area contributed by atoms with E-state index >= 15 is 0 Å². The fourth-order valence-corrected chi connectivity index (χ4v) is 2.56. The van der Waals surface area contributed by atoms with Crippen molar-refractivity contribution in [3.63, 3.8) is 0 Å². The molecule has 0 spiro atoms. The highest BCUT2D eigenvalue weighted by Crippen LogP contribution is 2.30. The molecule has 2 rings (SSSR count). The Hall–Kier alpha value is -1.89. The Labute approximate surface area is 128 Å². The van der Waals surface area contributed by atoms with E-state index in [1.165, 1.54) is 11.1 Å². The van der Waals surface area contributed by atoms with Crippen molar-refractivity contribution in [3.8, 4) is 0 Å². The van der Waals surface area contributed by atoms with Gasteiger partial charge >= 0.3 is 0 Å². The van der Waals surface area contributed by atoms with E-state index in [-0.39, 0.29) is 11.8 Å². The first-order chi connectivity index (χ1) is 10.1. The van der Waals surface area contributed by atoms with E-state index in [4.69, 9.17) is 0 Å². The zero-order valence-electron chi connectivity index (χ0n) is 13.1. The number of ketones is 1. The van der Waals surface area contributed by atoms with Gasteiger partial charge in [0.05, 0.1) is 0 Å². The maximum atomic E-state index is 12.5. The van der Waals surface area contributed by atoms with Crippen molar-refractivity contribution in [2.75, 3.05) is 0 Å². The summed E-state index contributed by atoms with van der Waals surface area (Å²) in [5, 5.41) is 0. The number of carbonyl (C=O) groups excluding carboxylic acids is 1. The van der Waals surface area contributed by atoms with Crippen LogP contribution in [-0.2, 0) is 4.79 Å². The average Bonchev–Trinajstić information content (AvgIpc) is 2.53. The second kappa shape index (κ2) is 7.21. The van der Waals surface area contributed by atoms with Gasteiger partial charge in [-0.25, -0.2) is 0 Å². The molecule has 0 radical (unpaired) electrons. The summed E-state index contributed by atoms with van der Waals surface area (Å²) in [7, 11) is 0. The van der Waals surface area contributed by atoms with Gasteiger partial charge in [0.15, 0.2) is 0 Å². The predicted molar refractivity (Wildman–Crippen MR) is 88.4 cm³/mol. The highest BCUT2D eigenvalue weighted by molar-refractivity contribution is 5.82. The lowest BCUT2D eigenvalue weighted by Gasteiger charge is -2.21. The molecule has 0 heterocycles. The van der Waals surface area contributed by atoms with E-state index in [9.17, 15) is 4.79 Å². The Bertz CT molecular complexity index is 517. The van der Waals surface area contributed by atoms with Crippen LogP contribution < -0.4 is 0 Å². The highest BCUT2D eigenvalue weighted by Gasteiger charge is 2.23. The summed E-state index contributed by atoms with van der Waals surface area (Å²) < 4.78 is 0. The topological polar surface area (TPSA) is 17.1 Å². The molecule has 21 heavy (non-hydrogen) atoms. The van der Waals surface area contributed by atoms with Gasteiger partial charge in [0, 0.05) is 18.3 Å². The maximum absolute atomic E-state index is 12.5. The third-order valence-corrected chi connectivity index (χ3v) is 4.32. The van der Waals surface area contributed by atoms with Crippen LogP contribution in [0, 0.1) is 11.8 Å². The van der Waals surface area contributed by atoms with Gasteiger partial charge in [-0.2, -0.15) is 0 Å². The fourth-order valence-electron chi connectivity index (χ4n) is 2.56. The molecule has 1 heteroatoms. The molecule has 1 unspecified atom stereocenters. The number of Topliss-reactive ketones (excluding diaryl/α,β-unsaturated/α-hetero) is 1. The first-order valence-corrected chi connectivity index (χ1v) is 7.72. The van der Waals surface area contributed by atoms with Gasteiger partial charge in [0.25, 0.3) is 0 Å². The molecular weight excluding hydrogens is 256 g/mol. The van der Waals surface area contributed by atoms with Crippen molar-refractivity contribution in [1.82, 2.24) is 0 Å². The smallest absolute Gasteiger partial charge is 0.136 e. The molecule has 0 aliphatic carbocycles. The molecule has 0 aliphatic rings. The molecule has 0 saturated carbocycles. The minimum absolute atomic E-state index is 0.111. The number of rotatable bonds is 6. The van der Waals surface area contributed by atoms with E-state index < -0.39 is 0 Å². The van der Waals surface area contributed by atoms with E-state index in [2.05, 4.69) is 38.1 Å². The van der Waals surface area contributed by atoms with Gasteiger partial charge in [-0.3, -0.25) is 4.79 Å². The van der Waals surface area contributed by atoms with Crippen LogP contribution in [0.5, 0.6) is 0 Å². The Balaban J connectivity index is 2.28. The van der Waals surface area contributed by atoms with Crippen molar-refractivity contribution >= 4 is 5.78 Å². The summed E-state index contributed by atoms with van der Waals surface area (Å²) in [6, 6.07) is 20.7. The predicted octanol–water partition coefficient (Wildman–Crippen LogP) is 5.07. The zero-order chi connectivity index (χ0) is 15.2. The van der Waals surface area contributed by atoms with Crippen molar-refractivity contribution in [2.45, 2.75) is 33.1 Å². The van der Waals surface area contributed by atoms with Crippen LogP contribution in [0.25, 0.3) is 0 Å². The van der Waals surface area contributed by atoms with Crippen LogP contribution in [0.2, 0.25) is 0 Å². The molecule has 0 fully saturated rings. The molecule has 0 aliphatic heterocycles. The number of benzene rings is 2. The molecule has 0 amide bonds. The Kier molecular flexibility index (Phi) is 5.32. The van der Waals surface area contributed by atoms with Crippen LogP contribution in [0.15, 0.2) is 60.7 Å².